The van der Waals surface area contributed by atoms with E-state index in [1.54, 1.807) is 12.1 Å². The number of fused-ring (bicyclic) bond motifs is 1. The summed E-state index contributed by atoms with van der Waals surface area (Å²) in [7, 11) is 0. The highest BCUT2D eigenvalue weighted by atomic mass is 16.1. The molecule has 3 aromatic rings. The molecule has 1 aromatic heterocycles. The van der Waals surface area contributed by atoms with Crippen LogP contribution in [0.5, 0.6) is 0 Å². The molecule has 0 fully saturated rings. The molecule has 1 aliphatic rings. The summed E-state index contributed by atoms with van der Waals surface area (Å²) in [4.78, 5) is 14.2. The van der Waals surface area contributed by atoms with Crippen molar-refractivity contribution in [3.8, 4) is 0 Å². The van der Waals surface area contributed by atoms with Gasteiger partial charge in [0.15, 0.2) is 5.43 Å². The minimum absolute atomic E-state index is 0.0825. The predicted molar refractivity (Wildman–Crippen MR) is 130 cm³/mol. The van der Waals surface area contributed by atoms with Gasteiger partial charge in [-0.1, -0.05) is 102 Å². The second-order valence-corrected chi connectivity index (χ2v) is 6.32. The highest BCUT2D eigenvalue weighted by Crippen LogP contribution is 2.30. The van der Waals surface area contributed by atoms with E-state index >= 15 is 0 Å². The van der Waals surface area contributed by atoms with Crippen LogP contribution in [0.25, 0.3) is 0 Å². The Hall–Kier alpha value is -2.65. The summed E-state index contributed by atoms with van der Waals surface area (Å²) in [5.41, 5.74) is 3.78. The van der Waals surface area contributed by atoms with E-state index in [1.807, 2.05) is 53.8 Å². The summed E-state index contributed by atoms with van der Waals surface area (Å²) in [6.45, 7) is 14.5. The highest BCUT2D eigenvalue weighted by Gasteiger charge is 2.26. The first-order valence-corrected chi connectivity index (χ1v) is 11.3. The van der Waals surface area contributed by atoms with E-state index in [2.05, 4.69) is 64.1 Å². The molecule has 0 aliphatic carbocycles. The average Bonchev–Trinajstić information content (AvgIpc) is 2.84. The normalized spacial score (nSPS) is 14.5. The van der Waals surface area contributed by atoms with Gasteiger partial charge < -0.3 is 4.57 Å². The molecule has 30 heavy (non-hydrogen) atoms. The Balaban J connectivity index is 0.000000691. The average molecular weight is 407 g/mol. The molecular weight excluding hydrogens is 368 g/mol. The molecule has 1 unspecified atom stereocenters. The number of hydrogen-bond acceptors (Lipinski definition) is 2. The van der Waals surface area contributed by atoms with Crippen LogP contribution in [-0.4, -0.2) is 9.47 Å². The number of hydrogen-bond donors (Lipinski definition) is 0. The van der Waals surface area contributed by atoms with Crippen LogP contribution >= 0.6 is 0 Å². The minimum atomic E-state index is 0.0825. The molecule has 0 radical (unpaired) electrons. The lowest BCUT2D eigenvalue weighted by Crippen LogP contribution is -2.37. The van der Waals surface area contributed by atoms with Crippen LogP contribution < -0.4 is 5.43 Å². The Labute approximate surface area is 183 Å². The first-order chi connectivity index (χ1) is 14.8. The van der Waals surface area contributed by atoms with Crippen LogP contribution in [0.2, 0.25) is 0 Å². The number of rotatable bonds is 3. The molecule has 0 N–H and O–H groups in total. The summed E-state index contributed by atoms with van der Waals surface area (Å²) in [6.07, 6.45) is 1.92. The fourth-order valence-electron chi connectivity index (χ4n) is 3.46. The molecule has 2 heterocycles. The largest absolute Gasteiger partial charge is 0.348 e. The zero-order valence-corrected chi connectivity index (χ0v) is 19.5. The number of pyridine rings is 1. The first kappa shape index (κ1) is 25.4. The summed E-state index contributed by atoms with van der Waals surface area (Å²) in [6, 6.07) is 24.9. The molecule has 3 heteroatoms. The summed E-state index contributed by atoms with van der Waals surface area (Å²) in [5, 5.41) is 0. The van der Waals surface area contributed by atoms with E-state index in [4.69, 9.17) is 0 Å². The van der Waals surface area contributed by atoms with E-state index < -0.39 is 0 Å². The molecule has 0 saturated heterocycles. The molecule has 162 valence electrons. The van der Waals surface area contributed by atoms with Gasteiger partial charge in [0, 0.05) is 43.7 Å². The number of nitrogens with zero attached hydrogens (tertiary/aromatic N) is 2. The van der Waals surface area contributed by atoms with Crippen molar-refractivity contribution in [1.29, 1.82) is 0 Å². The van der Waals surface area contributed by atoms with Crippen LogP contribution in [0.4, 0.5) is 0 Å². The van der Waals surface area contributed by atoms with Crippen LogP contribution in [0.3, 0.4) is 0 Å². The molecule has 1 atom stereocenters. The van der Waals surface area contributed by atoms with Gasteiger partial charge >= 0.3 is 0 Å². The van der Waals surface area contributed by atoms with Crippen LogP contribution in [0, 0.1) is 0 Å². The van der Waals surface area contributed by atoms with E-state index in [9.17, 15) is 4.79 Å². The third-order valence-corrected chi connectivity index (χ3v) is 4.68. The Morgan fingerprint density at radius 2 is 1.37 bits per heavy atom. The van der Waals surface area contributed by atoms with Gasteiger partial charge in [-0.2, -0.15) is 0 Å². The summed E-state index contributed by atoms with van der Waals surface area (Å²) >= 11 is 0. The molecule has 0 amide bonds. The van der Waals surface area contributed by atoms with Crippen molar-refractivity contribution in [3.05, 3.63) is 106 Å². The Morgan fingerprint density at radius 3 is 1.97 bits per heavy atom. The van der Waals surface area contributed by atoms with Gasteiger partial charge in [-0.15, -0.1) is 0 Å². The highest BCUT2D eigenvalue weighted by molar-refractivity contribution is 5.23. The predicted octanol–water partition coefficient (Wildman–Crippen LogP) is 6.68. The molecule has 0 spiro atoms. The van der Waals surface area contributed by atoms with E-state index in [0.717, 1.165) is 25.3 Å². The Morgan fingerprint density at radius 1 is 0.800 bits per heavy atom. The standard InChI is InChI=1S/C21H20N2O.3C2H6/c24-20-11-12-22-16-21(18-9-5-2-6-10-18)23(15-19(22)13-20)14-17-7-3-1-4-8-17;3*1-2/h1-13,21H,14-16H2;3*1-2H3. The van der Waals surface area contributed by atoms with Gasteiger partial charge in [0.1, 0.15) is 0 Å². The van der Waals surface area contributed by atoms with E-state index in [0.29, 0.717) is 6.04 Å². The zero-order chi connectivity index (χ0) is 22.4. The van der Waals surface area contributed by atoms with Gasteiger partial charge in [-0.25, -0.2) is 0 Å². The van der Waals surface area contributed by atoms with Crippen LogP contribution in [0.1, 0.15) is 64.4 Å². The molecule has 3 nitrogen and oxygen atoms in total. The molecular formula is C27H38N2O. The fraction of sp³-hybridized carbons (Fsp3) is 0.370. The van der Waals surface area contributed by atoms with Crippen molar-refractivity contribution >= 4 is 0 Å². The fourth-order valence-corrected chi connectivity index (χ4v) is 3.46. The lowest BCUT2D eigenvalue weighted by atomic mass is 10.0. The van der Waals surface area contributed by atoms with Crippen molar-refractivity contribution in [2.24, 2.45) is 0 Å². The second-order valence-electron chi connectivity index (χ2n) is 6.32. The van der Waals surface area contributed by atoms with Gasteiger partial charge in [-0.05, 0) is 11.1 Å². The summed E-state index contributed by atoms with van der Waals surface area (Å²) in [5.74, 6) is 0. The Bertz CT molecular complexity index is 872. The second kappa shape index (κ2) is 14.4. The molecule has 1 aliphatic heterocycles. The van der Waals surface area contributed by atoms with Crippen molar-refractivity contribution in [2.75, 3.05) is 0 Å². The quantitative estimate of drug-likeness (QED) is 0.484. The lowest BCUT2D eigenvalue weighted by molar-refractivity contribution is 0.130. The van der Waals surface area contributed by atoms with E-state index in [-0.39, 0.29) is 5.43 Å². The smallest absolute Gasteiger partial charge is 0.181 e. The third-order valence-electron chi connectivity index (χ3n) is 4.68. The maximum absolute atomic E-state index is 11.7. The van der Waals surface area contributed by atoms with E-state index in [1.165, 1.54) is 11.1 Å². The zero-order valence-electron chi connectivity index (χ0n) is 19.5. The monoisotopic (exact) mass is 406 g/mol. The molecule has 0 saturated carbocycles. The lowest BCUT2D eigenvalue weighted by Gasteiger charge is -2.38. The van der Waals surface area contributed by atoms with Crippen molar-refractivity contribution in [3.63, 3.8) is 0 Å². The third kappa shape index (κ3) is 7.00. The van der Waals surface area contributed by atoms with Crippen LogP contribution in [-0.2, 0) is 19.6 Å². The number of benzene rings is 2. The first-order valence-electron chi connectivity index (χ1n) is 11.3. The van der Waals surface area contributed by atoms with Gasteiger partial charge in [0.05, 0.1) is 6.04 Å². The molecule has 0 bridgehead atoms. The maximum atomic E-state index is 11.7. The van der Waals surface area contributed by atoms with Gasteiger partial charge in [-0.3, -0.25) is 9.69 Å². The van der Waals surface area contributed by atoms with Crippen molar-refractivity contribution in [2.45, 2.75) is 67.2 Å². The SMILES string of the molecule is CC.CC.CC.O=c1ccn2c(c1)CN(Cc1ccccc1)C(c1ccccc1)C2. The molecule has 4 rings (SSSR count). The Kier molecular flexibility index (Phi) is 12.1. The summed E-state index contributed by atoms with van der Waals surface area (Å²) < 4.78 is 2.21. The topological polar surface area (TPSA) is 25.2 Å². The minimum Gasteiger partial charge on any atom is -0.348 e. The van der Waals surface area contributed by atoms with Crippen molar-refractivity contribution < 1.29 is 0 Å². The number of aromatic nitrogens is 1. The van der Waals surface area contributed by atoms with Gasteiger partial charge in [0.2, 0.25) is 0 Å². The van der Waals surface area contributed by atoms with Crippen molar-refractivity contribution in [1.82, 2.24) is 9.47 Å². The van der Waals surface area contributed by atoms with Crippen LogP contribution in [0.15, 0.2) is 83.8 Å². The van der Waals surface area contributed by atoms with Gasteiger partial charge in [0.25, 0.3) is 0 Å². The molecule has 2 aromatic carbocycles. The maximum Gasteiger partial charge on any atom is 0.181 e.